The molecule has 0 N–H and O–H groups in total. The van der Waals surface area contributed by atoms with Crippen molar-refractivity contribution >= 4 is 35.3 Å². The lowest BCUT2D eigenvalue weighted by atomic mass is 9.69. The Morgan fingerprint density at radius 2 is 1.78 bits per heavy atom. The van der Waals surface area contributed by atoms with E-state index < -0.39 is 35.4 Å². The van der Waals surface area contributed by atoms with Crippen LogP contribution < -0.4 is 4.90 Å². The molecule has 0 aromatic heterocycles. The van der Waals surface area contributed by atoms with Crippen LogP contribution in [0.15, 0.2) is 53.2 Å². The number of esters is 3. The van der Waals surface area contributed by atoms with E-state index in [0.29, 0.717) is 6.54 Å². The highest BCUT2D eigenvalue weighted by Crippen LogP contribution is 2.57. The lowest BCUT2D eigenvalue weighted by Crippen LogP contribution is -2.56. The zero-order chi connectivity index (χ0) is 27.1. The van der Waals surface area contributed by atoms with Crippen LogP contribution in [0.2, 0.25) is 0 Å². The van der Waals surface area contributed by atoms with E-state index in [1.165, 1.54) is 26.2 Å². The number of hydrogen-bond acceptors (Lipinski definition) is 9. The molecule has 3 atom stereocenters. The molecule has 3 aliphatic heterocycles. The molecule has 1 aromatic rings. The number of methoxy groups -OCH3 is 3. The Labute approximate surface area is 215 Å². The van der Waals surface area contributed by atoms with Gasteiger partial charge in [-0.1, -0.05) is 38.1 Å². The van der Waals surface area contributed by atoms with Gasteiger partial charge in [0.25, 0.3) is 0 Å². The normalized spacial score (nSPS) is 23.7. The number of carbonyl (C=O) groups is 4. The van der Waals surface area contributed by atoms with E-state index in [-0.39, 0.29) is 41.8 Å². The number of carbonyl (C=O) groups excluding carboxylic acids is 4. The topological polar surface area (TPSA) is 115 Å². The molecule has 1 spiro atoms. The van der Waals surface area contributed by atoms with Gasteiger partial charge >= 0.3 is 17.9 Å². The zero-order valence-electron chi connectivity index (χ0n) is 21.6. The number of fused-ring (bicyclic) bond motifs is 1. The number of anilines is 1. The SMILES string of the molecule is C=CCN1c2ccccc2[C@]23CC(C(=O)OC)N(C(=O)CC(C)C)C2=NC(C(=O)OC)=C(C(=O)OC)C13. The number of ether oxygens (including phenoxy) is 3. The van der Waals surface area contributed by atoms with Gasteiger partial charge in [0.1, 0.15) is 11.9 Å². The molecular weight excluding hydrogens is 478 g/mol. The minimum absolute atomic E-state index is 0.00192. The van der Waals surface area contributed by atoms with Crippen molar-refractivity contribution < 1.29 is 33.4 Å². The minimum atomic E-state index is -1.12. The summed E-state index contributed by atoms with van der Waals surface area (Å²) >= 11 is 0. The molecule has 2 unspecified atom stereocenters. The largest absolute Gasteiger partial charge is 0.467 e. The monoisotopic (exact) mass is 509 g/mol. The van der Waals surface area contributed by atoms with E-state index >= 15 is 0 Å². The van der Waals surface area contributed by atoms with E-state index in [4.69, 9.17) is 14.2 Å². The molecule has 1 amide bonds. The Morgan fingerprint density at radius 3 is 2.38 bits per heavy atom. The summed E-state index contributed by atoms with van der Waals surface area (Å²) in [7, 11) is 3.67. The van der Waals surface area contributed by atoms with Crippen LogP contribution in [0.3, 0.4) is 0 Å². The smallest absolute Gasteiger partial charge is 0.357 e. The van der Waals surface area contributed by atoms with E-state index in [1.54, 1.807) is 6.08 Å². The first-order valence-corrected chi connectivity index (χ1v) is 12.0. The average Bonchev–Trinajstić information content (AvgIpc) is 3.38. The summed E-state index contributed by atoms with van der Waals surface area (Å²) in [5.41, 5.74) is 0.165. The van der Waals surface area contributed by atoms with Crippen molar-refractivity contribution in [1.82, 2.24) is 4.90 Å². The van der Waals surface area contributed by atoms with E-state index in [0.717, 1.165) is 11.3 Å². The van der Waals surface area contributed by atoms with Crippen molar-refractivity contribution in [2.45, 2.75) is 44.2 Å². The number of nitrogens with zero attached hydrogens (tertiary/aromatic N) is 3. The standard InChI is InChI=1S/C27H31N3O7/c1-7-12-29-17-11-9-8-10-16(17)27-14-18(23(32)35-4)30(19(31)13-15(2)3)26(27)28-21(25(34)37-6)20(22(27)29)24(33)36-5/h7-11,15,18,22H,1,12-14H2,2-6H3/t18?,22?,27-/m0/s1. The molecule has 0 bridgehead atoms. The molecule has 1 saturated heterocycles. The van der Waals surface area contributed by atoms with Gasteiger partial charge in [0, 0.05) is 18.7 Å². The molecule has 196 valence electrons. The molecule has 3 heterocycles. The number of likely N-dealkylation sites (tertiary alicyclic amines) is 1. The van der Waals surface area contributed by atoms with Crippen molar-refractivity contribution in [1.29, 1.82) is 0 Å². The first-order chi connectivity index (χ1) is 17.7. The van der Waals surface area contributed by atoms with Gasteiger partial charge in [-0.2, -0.15) is 0 Å². The first-order valence-electron chi connectivity index (χ1n) is 12.0. The summed E-state index contributed by atoms with van der Waals surface area (Å²) in [4.78, 5) is 61.0. The number of aliphatic imine (C=N–C) groups is 1. The summed E-state index contributed by atoms with van der Waals surface area (Å²) in [6.07, 6.45) is 1.93. The van der Waals surface area contributed by atoms with Gasteiger partial charge in [-0.25, -0.2) is 19.4 Å². The number of rotatable bonds is 7. The Hall–Kier alpha value is -3.95. The van der Waals surface area contributed by atoms with Gasteiger partial charge in [-0.05, 0) is 24.0 Å². The van der Waals surface area contributed by atoms with E-state index in [2.05, 4.69) is 11.6 Å². The highest BCUT2D eigenvalue weighted by Gasteiger charge is 2.67. The van der Waals surface area contributed by atoms with Gasteiger partial charge < -0.3 is 19.1 Å². The molecular formula is C27H31N3O7. The van der Waals surface area contributed by atoms with Crippen LogP contribution in [-0.2, 0) is 38.8 Å². The fourth-order valence-corrected chi connectivity index (χ4v) is 5.80. The fourth-order valence-electron chi connectivity index (χ4n) is 5.80. The summed E-state index contributed by atoms with van der Waals surface area (Å²) < 4.78 is 15.2. The molecule has 1 fully saturated rings. The first kappa shape index (κ1) is 26.1. The van der Waals surface area contributed by atoms with E-state index in [1.807, 2.05) is 43.0 Å². The van der Waals surface area contributed by atoms with Gasteiger partial charge in [0.05, 0.1) is 38.4 Å². The van der Waals surface area contributed by atoms with Crippen LogP contribution in [0.1, 0.15) is 32.3 Å². The Balaban J connectivity index is 2.11. The summed E-state index contributed by atoms with van der Waals surface area (Å²) in [6.45, 7) is 7.98. The summed E-state index contributed by atoms with van der Waals surface area (Å²) in [5, 5.41) is 0. The Bertz CT molecular complexity index is 1230. The maximum Gasteiger partial charge on any atom is 0.357 e. The van der Waals surface area contributed by atoms with Gasteiger partial charge in [0.15, 0.2) is 5.70 Å². The highest BCUT2D eigenvalue weighted by molar-refractivity contribution is 6.17. The predicted molar refractivity (Wildman–Crippen MR) is 135 cm³/mol. The van der Waals surface area contributed by atoms with Crippen molar-refractivity contribution in [3.05, 3.63) is 53.8 Å². The number of amidine groups is 1. The van der Waals surface area contributed by atoms with Crippen LogP contribution in [-0.4, -0.2) is 74.5 Å². The van der Waals surface area contributed by atoms with Crippen LogP contribution in [0.5, 0.6) is 0 Å². The number of para-hydroxylation sites is 1. The second-order valence-corrected chi connectivity index (χ2v) is 9.62. The van der Waals surface area contributed by atoms with Crippen LogP contribution in [0.4, 0.5) is 5.69 Å². The molecule has 3 aliphatic rings. The van der Waals surface area contributed by atoms with Gasteiger partial charge in [0.2, 0.25) is 5.91 Å². The zero-order valence-corrected chi connectivity index (χ0v) is 21.6. The summed E-state index contributed by atoms with van der Waals surface area (Å²) in [6, 6.07) is 5.66. The molecule has 0 saturated carbocycles. The Kier molecular flexibility index (Phi) is 6.94. The second-order valence-electron chi connectivity index (χ2n) is 9.62. The highest BCUT2D eigenvalue weighted by atomic mass is 16.5. The molecule has 0 radical (unpaired) electrons. The number of amides is 1. The second kappa shape index (κ2) is 9.84. The van der Waals surface area contributed by atoms with Crippen LogP contribution in [0.25, 0.3) is 0 Å². The molecule has 1 aromatic carbocycles. The quantitative estimate of drug-likeness (QED) is 0.312. The van der Waals surface area contributed by atoms with Crippen molar-refractivity contribution in [2.75, 3.05) is 32.8 Å². The lowest BCUT2D eigenvalue weighted by molar-refractivity contribution is -0.149. The third-order valence-electron chi connectivity index (χ3n) is 7.11. The van der Waals surface area contributed by atoms with Crippen molar-refractivity contribution in [2.24, 2.45) is 10.9 Å². The third kappa shape index (κ3) is 3.82. The number of benzene rings is 1. The molecule has 10 nitrogen and oxygen atoms in total. The maximum absolute atomic E-state index is 13.6. The molecule has 0 aliphatic carbocycles. The molecule has 10 heteroatoms. The number of hydrogen-bond donors (Lipinski definition) is 0. The summed E-state index contributed by atoms with van der Waals surface area (Å²) in [5.74, 6) is -2.33. The van der Waals surface area contributed by atoms with Gasteiger partial charge in [-0.3, -0.25) is 9.69 Å². The fraction of sp³-hybridized carbons (Fsp3) is 0.444. The lowest BCUT2D eigenvalue weighted by Gasteiger charge is -2.40. The van der Waals surface area contributed by atoms with Crippen molar-refractivity contribution in [3.63, 3.8) is 0 Å². The predicted octanol–water partition coefficient (Wildman–Crippen LogP) is 2.13. The maximum atomic E-state index is 13.6. The van der Waals surface area contributed by atoms with Gasteiger partial charge in [-0.15, -0.1) is 6.58 Å². The molecule has 4 rings (SSSR count). The molecule has 37 heavy (non-hydrogen) atoms. The van der Waals surface area contributed by atoms with Crippen LogP contribution in [0, 0.1) is 5.92 Å². The van der Waals surface area contributed by atoms with E-state index in [9.17, 15) is 19.2 Å². The van der Waals surface area contributed by atoms with Crippen molar-refractivity contribution in [3.8, 4) is 0 Å². The van der Waals surface area contributed by atoms with Crippen LogP contribution >= 0.6 is 0 Å². The average molecular weight is 510 g/mol. The Morgan fingerprint density at radius 1 is 1.11 bits per heavy atom. The minimum Gasteiger partial charge on any atom is -0.467 e. The third-order valence-corrected chi connectivity index (χ3v) is 7.11.